The van der Waals surface area contributed by atoms with Crippen LogP contribution in [-0.2, 0) is 6.54 Å². The Balaban J connectivity index is 1.87. The largest absolute Gasteiger partial charge is 0.396 e. The first-order valence-corrected chi connectivity index (χ1v) is 8.63. The van der Waals surface area contributed by atoms with Crippen LogP contribution in [0.4, 0.5) is 4.79 Å². The Morgan fingerprint density at radius 3 is 2.76 bits per heavy atom. The second-order valence-electron chi connectivity index (χ2n) is 5.59. The zero-order chi connectivity index (χ0) is 15.2. The van der Waals surface area contributed by atoms with Gasteiger partial charge in [-0.3, -0.25) is 0 Å². The van der Waals surface area contributed by atoms with Gasteiger partial charge in [0.2, 0.25) is 0 Å². The first-order chi connectivity index (χ1) is 10.1. The summed E-state index contributed by atoms with van der Waals surface area (Å²) in [6.45, 7) is 4.35. The topological polar surface area (TPSA) is 52.6 Å². The van der Waals surface area contributed by atoms with E-state index in [1.54, 1.807) is 11.8 Å². The highest BCUT2D eigenvalue weighted by Gasteiger charge is 2.22. The summed E-state index contributed by atoms with van der Waals surface area (Å²) in [5.74, 6) is 0.356. The Kier molecular flexibility index (Phi) is 5.94. The molecule has 0 aromatic heterocycles. The molecule has 1 aromatic carbocycles. The second kappa shape index (κ2) is 7.71. The maximum absolute atomic E-state index is 12.2. The molecule has 0 bridgehead atoms. The monoisotopic (exact) mass is 308 g/mol. The third-order valence-electron chi connectivity index (χ3n) is 4.03. The average Bonchev–Trinajstić information content (AvgIpc) is 2.53. The van der Waals surface area contributed by atoms with E-state index in [0.29, 0.717) is 12.5 Å². The fourth-order valence-electron chi connectivity index (χ4n) is 2.60. The molecule has 2 amide bonds. The van der Waals surface area contributed by atoms with Crippen molar-refractivity contribution in [2.75, 3.05) is 26.0 Å². The van der Waals surface area contributed by atoms with Gasteiger partial charge in [-0.05, 0) is 49.1 Å². The number of nitrogens with one attached hydrogen (secondary N) is 1. The molecule has 0 aliphatic carbocycles. The Hall–Kier alpha value is -1.20. The van der Waals surface area contributed by atoms with E-state index in [1.165, 1.54) is 10.5 Å². The number of likely N-dealkylation sites (tertiary alicyclic amines) is 1. The molecule has 0 unspecified atom stereocenters. The molecule has 1 saturated heterocycles. The molecule has 5 heteroatoms. The molecule has 1 aromatic rings. The van der Waals surface area contributed by atoms with Crippen LogP contribution in [0, 0.1) is 12.8 Å². The van der Waals surface area contributed by atoms with Crippen molar-refractivity contribution in [2.45, 2.75) is 31.2 Å². The van der Waals surface area contributed by atoms with Crippen LogP contribution in [-0.4, -0.2) is 42.0 Å². The van der Waals surface area contributed by atoms with Crippen molar-refractivity contribution < 1.29 is 9.90 Å². The third-order valence-corrected chi connectivity index (χ3v) is 4.85. The number of piperidine rings is 1. The summed E-state index contributed by atoms with van der Waals surface area (Å²) in [5.41, 5.74) is 2.40. The van der Waals surface area contributed by atoms with Gasteiger partial charge in [0.05, 0.1) is 0 Å². The first kappa shape index (κ1) is 16.2. The number of nitrogens with zero attached hydrogens (tertiary/aromatic N) is 1. The SMILES string of the molecule is CSc1cc(C)ccc1CNC(=O)N1CCC(CO)CC1. The molecule has 0 spiro atoms. The lowest BCUT2D eigenvalue weighted by atomic mass is 9.98. The number of hydrogen-bond donors (Lipinski definition) is 2. The quantitative estimate of drug-likeness (QED) is 0.841. The summed E-state index contributed by atoms with van der Waals surface area (Å²) >= 11 is 1.71. The fraction of sp³-hybridized carbons (Fsp3) is 0.562. The van der Waals surface area contributed by atoms with Crippen molar-refractivity contribution in [3.8, 4) is 0 Å². The lowest BCUT2D eigenvalue weighted by Crippen LogP contribution is -2.44. The minimum Gasteiger partial charge on any atom is -0.396 e. The predicted molar refractivity (Wildman–Crippen MR) is 86.6 cm³/mol. The highest BCUT2D eigenvalue weighted by molar-refractivity contribution is 7.98. The number of benzene rings is 1. The molecular weight excluding hydrogens is 284 g/mol. The number of urea groups is 1. The smallest absolute Gasteiger partial charge is 0.317 e. The Labute approximate surface area is 130 Å². The van der Waals surface area contributed by atoms with Gasteiger partial charge in [-0.1, -0.05) is 12.1 Å². The number of thioether (sulfide) groups is 1. The molecule has 116 valence electrons. The van der Waals surface area contributed by atoms with Gasteiger partial charge in [-0.25, -0.2) is 4.79 Å². The third kappa shape index (κ3) is 4.38. The minimum atomic E-state index is -0.000909. The Morgan fingerprint density at radius 2 is 2.14 bits per heavy atom. The zero-order valence-electron chi connectivity index (χ0n) is 12.8. The minimum absolute atomic E-state index is 0.000909. The van der Waals surface area contributed by atoms with Crippen LogP contribution in [0.25, 0.3) is 0 Å². The van der Waals surface area contributed by atoms with Crippen molar-refractivity contribution in [1.29, 1.82) is 0 Å². The zero-order valence-corrected chi connectivity index (χ0v) is 13.6. The van der Waals surface area contributed by atoms with Gasteiger partial charge < -0.3 is 15.3 Å². The number of rotatable bonds is 4. The summed E-state index contributed by atoms with van der Waals surface area (Å²) in [6, 6.07) is 6.31. The number of aryl methyl sites for hydroxylation is 1. The van der Waals surface area contributed by atoms with Crippen molar-refractivity contribution in [3.63, 3.8) is 0 Å². The van der Waals surface area contributed by atoms with Crippen molar-refractivity contribution >= 4 is 17.8 Å². The summed E-state index contributed by atoms with van der Waals surface area (Å²) in [4.78, 5) is 15.2. The summed E-state index contributed by atoms with van der Waals surface area (Å²) in [5, 5.41) is 12.1. The van der Waals surface area contributed by atoms with E-state index in [2.05, 4.69) is 36.7 Å². The maximum Gasteiger partial charge on any atom is 0.317 e. The molecule has 0 radical (unpaired) electrons. The summed E-state index contributed by atoms with van der Waals surface area (Å²) < 4.78 is 0. The Bertz CT molecular complexity index is 485. The molecule has 0 saturated carbocycles. The number of amides is 2. The Morgan fingerprint density at radius 1 is 1.43 bits per heavy atom. The average molecular weight is 308 g/mol. The van der Waals surface area contributed by atoms with Gasteiger partial charge in [-0.15, -0.1) is 11.8 Å². The van der Waals surface area contributed by atoms with Crippen LogP contribution < -0.4 is 5.32 Å². The molecule has 21 heavy (non-hydrogen) atoms. The van der Waals surface area contributed by atoms with Crippen LogP contribution in [0.5, 0.6) is 0 Å². The van der Waals surface area contributed by atoms with Gasteiger partial charge in [-0.2, -0.15) is 0 Å². The number of aliphatic hydroxyl groups excluding tert-OH is 1. The molecule has 0 atom stereocenters. The van der Waals surface area contributed by atoms with E-state index < -0.39 is 0 Å². The van der Waals surface area contributed by atoms with Crippen LogP contribution >= 0.6 is 11.8 Å². The van der Waals surface area contributed by atoms with E-state index in [9.17, 15) is 4.79 Å². The second-order valence-corrected chi connectivity index (χ2v) is 6.44. The van der Waals surface area contributed by atoms with Crippen LogP contribution in [0.1, 0.15) is 24.0 Å². The summed E-state index contributed by atoms with van der Waals surface area (Å²) in [6.07, 6.45) is 3.84. The lowest BCUT2D eigenvalue weighted by Gasteiger charge is -2.31. The maximum atomic E-state index is 12.2. The number of aliphatic hydroxyl groups is 1. The van der Waals surface area contributed by atoms with E-state index in [0.717, 1.165) is 31.5 Å². The van der Waals surface area contributed by atoms with Crippen LogP contribution in [0.3, 0.4) is 0 Å². The highest BCUT2D eigenvalue weighted by Crippen LogP contribution is 2.22. The van der Waals surface area contributed by atoms with Gasteiger partial charge in [0, 0.05) is 31.1 Å². The van der Waals surface area contributed by atoms with Crippen molar-refractivity contribution in [3.05, 3.63) is 29.3 Å². The van der Waals surface area contributed by atoms with Crippen molar-refractivity contribution in [2.24, 2.45) is 5.92 Å². The van der Waals surface area contributed by atoms with Gasteiger partial charge in [0.25, 0.3) is 0 Å². The van der Waals surface area contributed by atoms with Gasteiger partial charge in [0.15, 0.2) is 0 Å². The predicted octanol–water partition coefficient (Wildman–Crippen LogP) is 2.63. The molecule has 1 heterocycles. The number of carbonyl (C=O) groups is 1. The van der Waals surface area contributed by atoms with Crippen LogP contribution in [0.15, 0.2) is 23.1 Å². The van der Waals surface area contributed by atoms with Crippen molar-refractivity contribution in [1.82, 2.24) is 10.2 Å². The number of carbonyl (C=O) groups excluding carboxylic acids is 1. The molecule has 2 N–H and O–H groups in total. The normalized spacial score (nSPS) is 16.0. The van der Waals surface area contributed by atoms with E-state index >= 15 is 0 Å². The molecule has 1 fully saturated rings. The molecular formula is C16H24N2O2S. The lowest BCUT2D eigenvalue weighted by molar-refractivity contribution is 0.137. The molecule has 1 aliphatic rings. The van der Waals surface area contributed by atoms with E-state index in [4.69, 9.17) is 5.11 Å². The molecule has 2 rings (SSSR count). The van der Waals surface area contributed by atoms with E-state index in [1.807, 2.05) is 4.90 Å². The molecule has 1 aliphatic heterocycles. The van der Waals surface area contributed by atoms with Gasteiger partial charge >= 0.3 is 6.03 Å². The van der Waals surface area contributed by atoms with Crippen LogP contribution in [0.2, 0.25) is 0 Å². The first-order valence-electron chi connectivity index (χ1n) is 7.41. The highest BCUT2D eigenvalue weighted by atomic mass is 32.2. The molecule has 4 nitrogen and oxygen atoms in total. The fourth-order valence-corrected chi connectivity index (χ4v) is 3.31. The van der Waals surface area contributed by atoms with E-state index in [-0.39, 0.29) is 12.6 Å². The standard InChI is InChI=1S/C16H24N2O2S/c1-12-3-4-14(15(9-12)21-2)10-17-16(20)18-7-5-13(11-19)6-8-18/h3-4,9,13,19H,5-8,10-11H2,1-2H3,(H,17,20). The summed E-state index contributed by atoms with van der Waals surface area (Å²) in [7, 11) is 0. The number of hydrogen-bond acceptors (Lipinski definition) is 3. The van der Waals surface area contributed by atoms with Gasteiger partial charge in [0.1, 0.15) is 0 Å².